The van der Waals surface area contributed by atoms with Crippen molar-refractivity contribution >= 4 is 5.88 Å². The molecular formula is C17H19N3O. The maximum absolute atomic E-state index is 9.09. The molecule has 0 saturated carbocycles. The molecule has 0 aliphatic carbocycles. The second-order valence-corrected chi connectivity index (χ2v) is 5.81. The summed E-state index contributed by atoms with van der Waals surface area (Å²) in [4.78, 5) is 4.22. The second kappa shape index (κ2) is 5.84. The third kappa shape index (κ3) is 3.32. The van der Waals surface area contributed by atoms with Gasteiger partial charge in [-0.3, -0.25) is 0 Å². The van der Waals surface area contributed by atoms with Crippen LogP contribution in [-0.4, -0.2) is 11.5 Å². The molecule has 2 rings (SSSR count). The predicted octanol–water partition coefficient (Wildman–Crippen LogP) is 4.11. The topological polar surface area (TPSA) is 61.9 Å². The predicted molar refractivity (Wildman–Crippen MR) is 84.0 cm³/mol. The van der Waals surface area contributed by atoms with Gasteiger partial charge in [-0.1, -0.05) is 39.0 Å². The van der Waals surface area contributed by atoms with E-state index < -0.39 is 0 Å². The van der Waals surface area contributed by atoms with E-state index in [1.54, 1.807) is 6.08 Å². The molecule has 21 heavy (non-hydrogen) atoms. The summed E-state index contributed by atoms with van der Waals surface area (Å²) >= 11 is 0. The van der Waals surface area contributed by atoms with Gasteiger partial charge in [-0.05, 0) is 23.1 Å². The monoisotopic (exact) mass is 281 g/mol. The van der Waals surface area contributed by atoms with Gasteiger partial charge in [0.2, 0.25) is 17.5 Å². The molecule has 1 aromatic carbocycles. The lowest BCUT2D eigenvalue weighted by molar-refractivity contribution is 0.584. The highest BCUT2D eigenvalue weighted by molar-refractivity contribution is 5.59. The fourth-order valence-corrected chi connectivity index (χ4v) is 1.92. The number of hydrogen-bond acceptors (Lipinski definition) is 4. The first-order valence-corrected chi connectivity index (χ1v) is 6.82. The summed E-state index contributed by atoms with van der Waals surface area (Å²) in [5.74, 6) is 0.825. The molecule has 1 heterocycles. The van der Waals surface area contributed by atoms with E-state index in [0.717, 1.165) is 5.56 Å². The number of nitriles is 1. The van der Waals surface area contributed by atoms with Gasteiger partial charge in [-0.2, -0.15) is 10.2 Å². The van der Waals surface area contributed by atoms with E-state index >= 15 is 0 Å². The van der Waals surface area contributed by atoms with Crippen LogP contribution in [0.1, 0.15) is 32.0 Å². The Labute approximate surface area is 125 Å². The maximum Gasteiger partial charge on any atom is 0.232 e. The fraction of sp³-hybridized carbons (Fsp3) is 0.294. The van der Waals surface area contributed by atoms with Crippen molar-refractivity contribution in [3.8, 4) is 17.5 Å². The van der Waals surface area contributed by atoms with E-state index in [9.17, 15) is 0 Å². The summed E-state index contributed by atoms with van der Waals surface area (Å²) in [7, 11) is 0. The number of anilines is 1. The van der Waals surface area contributed by atoms with E-state index in [-0.39, 0.29) is 11.1 Å². The van der Waals surface area contributed by atoms with Gasteiger partial charge in [0.15, 0.2) is 0 Å². The van der Waals surface area contributed by atoms with Gasteiger partial charge in [0, 0.05) is 12.1 Å². The number of hydrogen-bond donors (Lipinski definition) is 1. The summed E-state index contributed by atoms with van der Waals surface area (Å²) in [6, 6.07) is 10.1. The first kappa shape index (κ1) is 14.9. The Kier molecular flexibility index (Phi) is 4.13. The Morgan fingerprint density at radius 3 is 2.52 bits per heavy atom. The Morgan fingerprint density at radius 2 is 2.00 bits per heavy atom. The summed E-state index contributed by atoms with van der Waals surface area (Å²) in [6.45, 7) is 10.6. The van der Waals surface area contributed by atoms with Gasteiger partial charge < -0.3 is 9.73 Å². The molecule has 0 aliphatic rings. The zero-order valence-corrected chi connectivity index (χ0v) is 12.6. The standard InChI is InChI=1S/C17H19N3O/c1-5-10-19-16-14(11-18)20-15(21-16)12-6-8-13(9-7-12)17(2,3)4/h5-9,19H,1,10H2,2-4H3. The molecule has 1 N–H and O–H groups in total. The highest BCUT2D eigenvalue weighted by Crippen LogP contribution is 2.28. The van der Waals surface area contributed by atoms with Crippen LogP contribution >= 0.6 is 0 Å². The van der Waals surface area contributed by atoms with Crippen LogP contribution in [0.3, 0.4) is 0 Å². The van der Waals surface area contributed by atoms with Gasteiger partial charge in [-0.25, -0.2) is 0 Å². The minimum atomic E-state index is 0.101. The summed E-state index contributed by atoms with van der Waals surface area (Å²) in [6.07, 6.45) is 1.70. The lowest BCUT2D eigenvalue weighted by Gasteiger charge is -2.18. The van der Waals surface area contributed by atoms with Gasteiger partial charge in [-0.15, -0.1) is 6.58 Å². The van der Waals surface area contributed by atoms with Crippen molar-refractivity contribution in [3.63, 3.8) is 0 Å². The van der Waals surface area contributed by atoms with E-state index in [2.05, 4.69) is 49.8 Å². The molecule has 0 atom stereocenters. The maximum atomic E-state index is 9.09. The van der Waals surface area contributed by atoms with E-state index in [4.69, 9.17) is 9.68 Å². The van der Waals surface area contributed by atoms with Gasteiger partial charge >= 0.3 is 0 Å². The average molecular weight is 281 g/mol. The van der Waals surface area contributed by atoms with Crippen LogP contribution in [-0.2, 0) is 5.41 Å². The largest absolute Gasteiger partial charge is 0.419 e. The fourth-order valence-electron chi connectivity index (χ4n) is 1.92. The van der Waals surface area contributed by atoms with Crippen LogP contribution in [0.15, 0.2) is 41.3 Å². The van der Waals surface area contributed by atoms with Crippen molar-refractivity contribution in [2.75, 3.05) is 11.9 Å². The van der Waals surface area contributed by atoms with Crippen LogP contribution in [0, 0.1) is 11.3 Å². The van der Waals surface area contributed by atoms with Gasteiger partial charge in [0.05, 0.1) is 0 Å². The van der Waals surface area contributed by atoms with Crippen molar-refractivity contribution in [2.24, 2.45) is 0 Å². The van der Waals surface area contributed by atoms with Gasteiger partial charge in [0.1, 0.15) is 6.07 Å². The molecule has 4 heteroatoms. The van der Waals surface area contributed by atoms with Crippen molar-refractivity contribution in [3.05, 3.63) is 48.2 Å². The van der Waals surface area contributed by atoms with Gasteiger partial charge in [0.25, 0.3) is 0 Å². The lowest BCUT2D eigenvalue weighted by Crippen LogP contribution is -2.10. The normalized spacial score (nSPS) is 11.0. The minimum Gasteiger partial charge on any atom is -0.419 e. The molecule has 0 amide bonds. The van der Waals surface area contributed by atoms with Crippen molar-refractivity contribution in [1.29, 1.82) is 5.26 Å². The second-order valence-electron chi connectivity index (χ2n) is 5.81. The SMILES string of the molecule is C=CCNc1oc(-c2ccc(C(C)(C)C)cc2)nc1C#N. The molecule has 0 unspecified atom stereocenters. The first-order chi connectivity index (χ1) is 9.95. The Balaban J connectivity index is 2.32. The highest BCUT2D eigenvalue weighted by atomic mass is 16.4. The molecular weight excluding hydrogens is 262 g/mol. The quantitative estimate of drug-likeness (QED) is 0.857. The lowest BCUT2D eigenvalue weighted by atomic mass is 9.87. The highest BCUT2D eigenvalue weighted by Gasteiger charge is 2.16. The van der Waals surface area contributed by atoms with Crippen LogP contribution in [0.2, 0.25) is 0 Å². The van der Waals surface area contributed by atoms with Crippen molar-refractivity contribution < 1.29 is 4.42 Å². The third-order valence-corrected chi connectivity index (χ3v) is 3.14. The molecule has 2 aromatic rings. The molecule has 0 aliphatic heterocycles. The molecule has 0 radical (unpaired) electrons. The Morgan fingerprint density at radius 1 is 1.33 bits per heavy atom. The Hall–Kier alpha value is -2.54. The van der Waals surface area contributed by atoms with Crippen LogP contribution in [0.5, 0.6) is 0 Å². The van der Waals surface area contributed by atoms with E-state index in [0.29, 0.717) is 18.3 Å². The smallest absolute Gasteiger partial charge is 0.232 e. The van der Waals surface area contributed by atoms with E-state index in [1.807, 2.05) is 18.2 Å². The molecule has 0 fully saturated rings. The molecule has 1 aromatic heterocycles. The minimum absolute atomic E-state index is 0.101. The zero-order valence-electron chi connectivity index (χ0n) is 12.6. The summed E-state index contributed by atoms with van der Waals surface area (Å²) in [5, 5.41) is 12.1. The number of benzene rings is 1. The number of rotatable bonds is 4. The van der Waals surface area contributed by atoms with Crippen molar-refractivity contribution in [1.82, 2.24) is 4.98 Å². The van der Waals surface area contributed by atoms with Crippen LogP contribution < -0.4 is 5.32 Å². The number of nitrogens with zero attached hydrogens (tertiary/aromatic N) is 2. The molecule has 0 saturated heterocycles. The molecule has 0 spiro atoms. The summed E-state index contributed by atoms with van der Waals surface area (Å²) < 4.78 is 5.63. The third-order valence-electron chi connectivity index (χ3n) is 3.14. The number of oxazole rings is 1. The molecule has 108 valence electrons. The Bertz CT molecular complexity index is 670. The van der Waals surface area contributed by atoms with E-state index in [1.165, 1.54) is 5.56 Å². The first-order valence-electron chi connectivity index (χ1n) is 6.82. The number of nitrogens with one attached hydrogen (secondary N) is 1. The summed E-state index contributed by atoms with van der Waals surface area (Å²) in [5.41, 5.74) is 2.45. The molecule has 4 nitrogen and oxygen atoms in total. The zero-order chi connectivity index (χ0) is 15.5. The number of aromatic nitrogens is 1. The van der Waals surface area contributed by atoms with Crippen molar-refractivity contribution in [2.45, 2.75) is 26.2 Å². The average Bonchev–Trinajstić information content (AvgIpc) is 2.87. The van der Waals surface area contributed by atoms with Crippen LogP contribution in [0.4, 0.5) is 5.88 Å². The van der Waals surface area contributed by atoms with Crippen LogP contribution in [0.25, 0.3) is 11.5 Å². The molecule has 0 bridgehead atoms.